The second-order valence-corrected chi connectivity index (χ2v) is 6.62. The molecule has 1 fully saturated rings. The molecule has 0 bridgehead atoms. The fourth-order valence-corrected chi connectivity index (χ4v) is 3.51. The summed E-state index contributed by atoms with van der Waals surface area (Å²) in [5.41, 5.74) is 2.62. The van der Waals surface area contributed by atoms with E-state index in [1.165, 1.54) is 27.2 Å². The standard InChI is InChI=1S/C14H21BrN2OS/c1-18-7-4-16-11-12-2-3-13(10-14(12)15)17-5-8-19-9-6-17/h2-3,10,16H,4-9,11H2,1H3. The normalized spacial score (nSPS) is 15.8. The van der Waals surface area contributed by atoms with Gasteiger partial charge in [0.05, 0.1) is 6.61 Å². The van der Waals surface area contributed by atoms with Gasteiger partial charge in [0.25, 0.3) is 0 Å². The van der Waals surface area contributed by atoms with Crippen molar-refractivity contribution in [1.29, 1.82) is 0 Å². The second kappa shape index (κ2) is 8.15. The van der Waals surface area contributed by atoms with Crippen molar-refractivity contribution >= 4 is 33.4 Å². The third-order valence-electron chi connectivity index (χ3n) is 3.21. The molecule has 1 aromatic carbocycles. The summed E-state index contributed by atoms with van der Waals surface area (Å²) in [6, 6.07) is 6.68. The van der Waals surface area contributed by atoms with Crippen molar-refractivity contribution < 1.29 is 4.74 Å². The van der Waals surface area contributed by atoms with Crippen LogP contribution in [0.25, 0.3) is 0 Å². The van der Waals surface area contributed by atoms with Gasteiger partial charge >= 0.3 is 0 Å². The van der Waals surface area contributed by atoms with Gasteiger partial charge in [0.2, 0.25) is 0 Å². The number of ether oxygens (including phenoxy) is 1. The number of halogens is 1. The van der Waals surface area contributed by atoms with Crippen LogP contribution in [0.1, 0.15) is 5.56 Å². The van der Waals surface area contributed by atoms with Gasteiger partial charge in [-0.25, -0.2) is 0 Å². The predicted molar refractivity (Wildman–Crippen MR) is 87.3 cm³/mol. The maximum absolute atomic E-state index is 5.03. The summed E-state index contributed by atoms with van der Waals surface area (Å²) in [7, 11) is 1.73. The first-order valence-corrected chi connectivity index (χ1v) is 8.57. The number of anilines is 1. The Kier molecular flexibility index (Phi) is 6.50. The van der Waals surface area contributed by atoms with Crippen molar-refractivity contribution in [2.75, 3.05) is 49.8 Å². The molecule has 5 heteroatoms. The summed E-state index contributed by atoms with van der Waals surface area (Å²) >= 11 is 5.72. The highest BCUT2D eigenvalue weighted by Gasteiger charge is 2.12. The molecule has 3 nitrogen and oxygen atoms in total. The fraction of sp³-hybridized carbons (Fsp3) is 0.571. The van der Waals surface area contributed by atoms with Crippen LogP contribution in [0.15, 0.2) is 22.7 Å². The molecule has 0 aliphatic carbocycles. The Morgan fingerprint density at radius 3 is 2.84 bits per heavy atom. The van der Waals surface area contributed by atoms with Gasteiger partial charge in [0.15, 0.2) is 0 Å². The topological polar surface area (TPSA) is 24.5 Å². The van der Waals surface area contributed by atoms with Crippen LogP contribution in [0.5, 0.6) is 0 Å². The van der Waals surface area contributed by atoms with E-state index in [0.717, 1.165) is 32.8 Å². The molecule has 0 unspecified atom stereocenters. The van der Waals surface area contributed by atoms with E-state index in [4.69, 9.17) is 4.74 Å². The average molecular weight is 345 g/mol. The molecule has 106 valence electrons. The number of nitrogens with zero attached hydrogens (tertiary/aromatic N) is 1. The van der Waals surface area contributed by atoms with Crippen LogP contribution in [0, 0.1) is 0 Å². The Hall–Kier alpha value is -0.230. The summed E-state index contributed by atoms with van der Waals surface area (Å²) in [5.74, 6) is 2.47. The molecule has 0 amide bonds. The first kappa shape index (κ1) is 15.2. The van der Waals surface area contributed by atoms with Gasteiger partial charge in [-0.05, 0) is 17.7 Å². The SMILES string of the molecule is COCCNCc1ccc(N2CCSCC2)cc1Br. The molecule has 0 spiro atoms. The van der Waals surface area contributed by atoms with Crippen LogP contribution in [0.3, 0.4) is 0 Å². The Balaban J connectivity index is 1.92. The van der Waals surface area contributed by atoms with E-state index in [1.807, 2.05) is 11.8 Å². The van der Waals surface area contributed by atoms with Gasteiger partial charge in [-0.2, -0.15) is 11.8 Å². The smallest absolute Gasteiger partial charge is 0.0587 e. The minimum Gasteiger partial charge on any atom is -0.383 e. The molecule has 19 heavy (non-hydrogen) atoms. The molecule has 2 rings (SSSR count). The molecule has 0 radical (unpaired) electrons. The zero-order valence-electron chi connectivity index (χ0n) is 11.3. The second-order valence-electron chi connectivity index (χ2n) is 4.54. The number of benzene rings is 1. The van der Waals surface area contributed by atoms with Crippen molar-refractivity contribution in [2.24, 2.45) is 0 Å². The lowest BCUT2D eigenvalue weighted by molar-refractivity contribution is 0.199. The molecule has 1 N–H and O–H groups in total. The zero-order valence-corrected chi connectivity index (χ0v) is 13.7. The Morgan fingerprint density at radius 1 is 1.37 bits per heavy atom. The monoisotopic (exact) mass is 344 g/mol. The minimum atomic E-state index is 0.751. The van der Waals surface area contributed by atoms with Crippen LogP contribution in [0.4, 0.5) is 5.69 Å². The summed E-state index contributed by atoms with van der Waals surface area (Å²) in [6.45, 7) is 4.82. The van der Waals surface area contributed by atoms with Gasteiger partial charge in [0.1, 0.15) is 0 Å². The largest absolute Gasteiger partial charge is 0.383 e. The van der Waals surface area contributed by atoms with Gasteiger partial charge < -0.3 is 15.0 Å². The third kappa shape index (κ3) is 4.67. The van der Waals surface area contributed by atoms with Crippen LogP contribution in [-0.4, -0.2) is 44.9 Å². The minimum absolute atomic E-state index is 0.751. The molecule has 1 heterocycles. The lowest BCUT2D eigenvalue weighted by atomic mass is 10.2. The van der Waals surface area contributed by atoms with Crippen LogP contribution >= 0.6 is 27.7 Å². The fourth-order valence-electron chi connectivity index (χ4n) is 2.10. The molecule has 1 aromatic rings. The third-order valence-corrected chi connectivity index (χ3v) is 4.89. The summed E-state index contributed by atoms with van der Waals surface area (Å²) in [4.78, 5) is 2.46. The van der Waals surface area contributed by atoms with Crippen molar-refractivity contribution in [3.05, 3.63) is 28.2 Å². The van der Waals surface area contributed by atoms with Crippen molar-refractivity contribution in [3.63, 3.8) is 0 Å². The summed E-state index contributed by atoms with van der Waals surface area (Å²) in [6.07, 6.45) is 0. The highest BCUT2D eigenvalue weighted by molar-refractivity contribution is 9.10. The number of hydrogen-bond donors (Lipinski definition) is 1. The maximum atomic E-state index is 5.03. The van der Waals surface area contributed by atoms with E-state index in [1.54, 1.807) is 7.11 Å². The summed E-state index contributed by atoms with van der Waals surface area (Å²) in [5, 5.41) is 3.37. The van der Waals surface area contributed by atoms with Crippen molar-refractivity contribution in [1.82, 2.24) is 5.32 Å². The number of rotatable bonds is 6. The van der Waals surface area contributed by atoms with Crippen LogP contribution in [0.2, 0.25) is 0 Å². The van der Waals surface area contributed by atoms with Gasteiger partial charge in [0, 0.05) is 55.0 Å². The Morgan fingerprint density at radius 2 is 2.16 bits per heavy atom. The first-order valence-electron chi connectivity index (χ1n) is 6.62. The summed E-state index contributed by atoms with van der Waals surface area (Å²) < 4.78 is 6.21. The van der Waals surface area contributed by atoms with E-state index in [9.17, 15) is 0 Å². The van der Waals surface area contributed by atoms with Gasteiger partial charge in [-0.15, -0.1) is 0 Å². The van der Waals surface area contributed by atoms with E-state index in [2.05, 4.69) is 44.3 Å². The maximum Gasteiger partial charge on any atom is 0.0587 e. The van der Waals surface area contributed by atoms with Crippen molar-refractivity contribution in [2.45, 2.75) is 6.54 Å². The number of hydrogen-bond acceptors (Lipinski definition) is 4. The molecule has 1 saturated heterocycles. The van der Waals surface area contributed by atoms with E-state index in [-0.39, 0.29) is 0 Å². The van der Waals surface area contributed by atoms with E-state index < -0.39 is 0 Å². The number of thioether (sulfide) groups is 1. The van der Waals surface area contributed by atoms with Gasteiger partial charge in [-0.3, -0.25) is 0 Å². The Bertz CT molecular complexity index is 397. The highest BCUT2D eigenvalue weighted by atomic mass is 79.9. The molecular formula is C14H21BrN2OS. The van der Waals surface area contributed by atoms with E-state index >= 15 is 0 Å². The highest BCUT2D eigenvalue weighted by Crippen LogP contribution is 2.26. The molecule has 1 aliphatic rings. The molecule has 0 aromatic heterocycles. The first-order chi connectivity index (χ1) is 9.31. The molecule has 0 saturated carbocycles. The predicted octanol–water partition coefficient (Wildman–Crippen LogP) is 2.74. The number of methoxy groups -OCH3 is 1. The Labute approximate surface area is 128 Å². The van der Waals surface area contributed by atoms with E-state index in [0.29, 0.717) is 0 Å². The zero-order chi connectivity index (χ0) is 13.5. The lowest BCUT2D eigenvalue weighted by Gasteiger charge is -2.29. The van der Waals surface area contributed by atoms with Gasteiger partial charge in [-0.1, -0.05) is 22.0 Å². The average Bonchev–Trinajstić information content (AvgIpc) is 2.46. The molecular weight excluding hydrogens is 324 g/mol. The van der Waals surface area contributed by atoms with Crippen molar-refractivity contribution in [3.8, 4) is 0 Å². The molecule has 1 aliphatic heterocycles. The van der Waals surface area contributed by atoms with Crippen LogP contribution < -0.4 is 10.2 Å². The van der Waals surface area contributed by atoms with Crippen LogP contribution in [-0.2, 0) is 11.3 Å². The lowest BCUT2D eigenvalue weighted by Crippen LogP contribution is -2.32. The quantitative estimate of drug-likeness (QED) is 0.802. The number of nitrogens with one attached hydrogen (secondary N) is 1. The molecule has 0 atom stereocenters.